The molecule has 2 heterocycles. The van der Waals surface area contributed by atoms with E-state index in [4.69, 9.17) is 9.26 Å². The van der Waals surface area contributed by atoms with E-state index in [2.05, 4.69) is 5.16 Å². The van der Waals surface area contributed by atoms with E-state index in [1.807, 2.05) is 24.3 Å². The van der Waals surface area contributed by atoms with E-state index in [-0.39, 0.29) is 29.7 Å². The average Bonchev–Trinajstić information content (AvgIpc) is 3.07. The normalized spacial score (nSPS) is 15.5. The minimum atomic E-state index is -3.67. The fourth-order valence-electron chi connectivity index (χ4n) is 3.26. The number of benzene rings is 1. The predicted molar refractivity (Wildman–Crippen MR) is 110 cm³/mol. The van der Waals surface area contributed by atoms with Crippen molar-refractivity contribution in [3.8, 4) is 5.75 Å². The second-order valence-corrected chi connectivity index (χ2v) is 9.64. The van der Waals surface area contributed by atoms with Gasteiger partial charge in [-0.3, -0.25) is 4.79 Å². The molecule has 0 N–H and O–H groups in total. The van der Waals surface area contributed by atoms with Gasteiger partial charge in [0.15, 0.2) is 5.76 Å². The monoisotopic (exact) mass is 439 g/mol. The zero-order valence-corrected chi connectivity index (χ0v) is 18.4. The van der Waals surface area contributed by atoms with Crippen LogP contribution in [-0.4, -0.2) is 67.7 Å². The summed E-state index contributed by atoms with van der Waals surface area (Å²) in [6, 6.07) is 7.76. The number of ether oxygens (including phenoxy) is 1. The van der Waals surface area contributed by atoms with Crippen LogP contribution >= 0.6 is 11.8 Å². The smallest absolute Gasteiger partial charge is 0.248 e. The maximum atomic E-state index is 12.9. The number of sulfonamides is 1. The molecule has 1 saturated heterocycles. The van der Waals surface area contributed by atoms with Crippen LogP contribution in [0.1, 0.15) is 17.0 Å². The molecule has 8 nitrogen and oxygen atoms in total. The first-order valence-electron chi connectivity index (χ1n) is 9.24. The van der Waals surface area contributed by atoms with E-state index >= 15 is 0 Å². The zero-order chi connectivity index (χ0) is 21.0. The standard InChI is InChI=1S/C19H25N3O5S2/c1-14-19(15(2)27-20-14)29(24,25)22-9-7-21(8-10-22)18(23)13-28-12-16-5-4-6-17(11-16)26-3/h4-6,11H,7-10,12-13H2,1-3H3. The van der Waals surface area contributed by atoms with Gasteiger partial charge < -0.3 is 14.2 Å². The Morgan fingerprint density at radius 1 is 1.24 bits per heavy atom. The molecule has 2 aromatic rings. The minimum Gasteiger partial charge on any atom is -0.497 e. The number of hydrogen-bond acceptors (Lipinski definition) is 7. The quantitative estimate of drug-likeness (QED) is 0.652. The summed E-state index contributed by atoms with van der Waals surface area (Å²) in [5.41, 5.74) is 1.45. The molecule has 1 aliphatic rings. The van der Waals surface area contributed by atoms with Crippen molar-refractivity contribution in [2.45, 2.75) is 24.5 Å². The van der Waals surface area contributed by atoms with Crippen molar-refractivity contribution >= 4 is 27.7 Å². The number of carbonyl (C=O) groups is 1. The van der Waals surface area contributed by atoms with Crippen molar-refractivity contribution in [1.82, 2.24) is 14.4 Å². The Kier molecular flexibility index (Phi) is 6.86. The van der Waals surface area contributed by atoms with Gasteiger partial charge in [0.05, 0.1) is 12.9 Å². The van der Waals surface area contributed by atoms with Gasteiger partial charge in [0.2, 0.25) is 15.9 Å². The zero-order valence-electron chi connectivity index (χ0n) is 16.8. The number of piperazine rings is 1. The number of nitrogens with zero attached hydrogens (tertiary/aromatic N) is 3. The van der Waals surface area contributed by atoms with Gasteiger partial charge >= 0.3 is 0 Å². The van der Waals surface area contributed by atoms with Crippen molar-refractivity contribution in [3.05, 3.63) is 41.3 Å². The van der Waals surface area contributed by atoms with Crippen LogP contribution in [0.25, 0.3) is 0 Å². The van der Waals surface area contributed by atoms with E-state index in [1.54, 1.807) is 25.9 Å². The third-order valence-electron chi connectivity index (χ3n) is 4.79. The van der Waals surface area contributed by atoms with Gasteiger partial charge in [0, 0.05) is 31.9 Å². The number of rotatable bonds is 7. The molecule has 0 spiro atoms. The van der Waals surface area contributed by atoms with Crippen LogP contribution in [0.15, 0.2) is 33.7 Å². The number of thioether (sulfide) groups is 1. The molecule has 3 rings (SSSR count). The molecule has 1 aliphatic heterocycles. The Morgan fingerprint density at radius 3 is 2.59 bits per heavy atom. The second kappa shape index (κ2) is 9.19. The second-order valence-electron chi connectivity index (χ2n) is 6.78. The van der Waals surface area contributed by atoms with Gasteiger partial charge in [0.25, 0.3) is 0 Å². The Morgan fingerprint density at radius 2 is 1.97 bits per heavy atom. The molecule has 158 valence electrons. The summed E-state index contributed by atoms with van der Waals surface area (Å²) in [5, 5.41) is 3.73. The molecule has 0 unspecified atom stereocenters. The number of methoxy groups -OCH3 is 1. The van der Waals surface area contributed by atoms with Crippen molar-refractivity contribution in [3.63, 3.8) is 0 Å². The van der Waals surface area contributed by atoms with Gasteiger partial charge in [-0.15, -0.1) is 11.8 Å². The topological polar surface area (TPSA) is 93.0 Å². The lowest BCUT2D eigenvalue weighted by molar-refractivity contribution is -0.129. The molecular formula is C19H25N3O5S2. The lowest BCUT2D eigenvalue weighted by Crippen LogP contribution is -2.51. The first-order valence-corrected chi connectivity index (χ1v) is 11.8. The molecular weight excluding hydrogens is 414 g/mol. The number of aryl methyl sites for hydroxylation is 2. The first-order chi connectivity index (χ1) is 13.8. The highest BCUT2D eigenvalue weighted by Crippen LogP contribution is 2.24. The molecule has 0 atom stereocenters. The van der Waals surface area contributed by atoms with Crippen LogP contribution < -0.4 is 4.74 Å². The van der Waals surface area contributed by atoms with Crippen LogP contribution in [0.5, 0.6) is 5.75 Å². The molecule has 0 radical (unpaired) electrons. The summed E-state index contributed by atoms with van der Waals surface area (Å²) in [4.78, 5) is 14.3. The number of carbonyl (C=O) groups excluding carboxylic acids is 1. The third kappa shape index (κ3) is 4.93. The summed E-state index contributed by atoms with van der Waals surface area (Å²) in [6.45, 7) is 4.48. The molecule has 10 heteroatoms. The fraction of sp³-hybridized carbons (Fsp3) is 0.474. The maximum Gasteiger partial charge on any atom is 0.248 e. The van der Waals surface area contributed by atoms with Gasteiger partial charge in [-0.1, -0.05) is 17.3 Å². The van der Waals surface area contributed by atoms with E-state index in [0.717, 1.165) is 11.3 Å². The third-order valence-corrected chi connectivity index (χ3v) is 7.92. The van der Waals surface area contributed by atoms with E-state index in [1.165, 1.54) is 16.1 Å². The van der Waals surface area contributed by atoms with E-state index in [9.17, 15) is 13.2 Å². The fourth-order valence-corrected chi connectivity index (χ4v) is 5.85. The maximum absolute atomic E-state index is 12.9. The Balaban J connectivity index is 1.50. The first kappa shape index (κ1) is 21.7. The highest BCUT2D eigenvalue weighted by atomic mass is 32.2. The van der Waals surface area contributed by atoms with Crippen LogP contribution in [0.3, 0.4) is 0 Å². The van der Waals surface area contributed by atoms with Crippen LogP contribution in [-0.2, 0) is 20.6 Å². The molecule has 0 bridgehead atoms. The number of amides is 1. The van der Waals surface area contributed by atoms with E-state index < -0.39 is 10.0 Å². The molecule has 29 heavy (non-hydrogen) atoms. The van der Waals surface area contributed by atoms with Gasteiger partial charge in [-0.2, -0.15) is 4.31 Å². The van der Waals surface area contributed by atoms with Crippen LogP contribution in [0, 0.1) is 13.8 Å². The molecule has 1 amide bonds. The van der Waals surface area contributed by atoms with Gasteiger partial charge in [0.1, 0.15) is 16.3 Å². The number of aromatic nitrogens is 1. The molecule has 1 aromatic carbocycles. The summed E-state index contributed by atoms with van der Waals surface area (Å²) in [5.74, 6) is 2.17. The van der Waals surface area contributed by atoms with Crippen LogP contribution in [0.4, 0.5) is 0 Å². The highest BCUT2D eigenvalue weighted by Gasteiger charge is 2.34. The van der Waals surface area contributed by atoms with Crippen molar-refractivity contribution in [2.75, 3.05) is 39.0 Å². The Hall–Kier alpha value is -2.04. The highest BCUT2D eigenvalue weighted by molar-refractivity contribution is 7.99. The minimum absolute atomic E-state index is 0.0206. The Labute approximate surface area is 175 Å². The molecule has 1 aromatic heterocycles. The van der Waals surface area contributed by atoms with Gasteiger partial charge in [-0.25, -0.2) is 8.42 Å². The van der Waals surface area contributed by atoms with Crippen LogP contribution in [0.2, 0.25) is 0 Å². The van der Waals surface area contributed by atoms with Gasteiger partial charge in [-0.05, 0) is 31.5 Å². The van der Waals surface area contributed by atoms with Crippen molar-refractivity contribution in [2.24, 2.45) is 0 Å². The molecule has 0 saturated carbocycles. The lowest BCUT2D eigenvalue weighted by Gasteiger charge is -2.33. The number of hydrogen-bond donors (Lipinski definition) is 0. The summed E-state index contributed by atoms with van der Waals surface area (Å²) < 4.78 is 37.3. The van der Waals surface area contributed by atoms with Crippen molar-refractivity contribution in [1.29, 1.82) is 0 Å². The van der Waals surface area contributed by atoms with Crippen molar-refractivity contribution < 1.29 is 22.5 Å². The molecule has 0 aliphatic carbocycles. The Bertz CT molecular complexity index is 946. The summed E-state index contributed by atoms with van der Waals surface area (Å²) in [6.07, 6.45) is 0. The largest absolute Gasteiger partial charge is 0.497 e. The summed E-state index contributed by atoms with van der Waals surface area (Å²) >= 11 is 1.54. The lowest BCUT2D eigenvalue weighted by atomic mass is 10.2. The average molecular weight is 440 g/mol. The SMILES string of the molecule is COc1cccc(CSCC(=O)N2CCN(S(=O)(=O)c3c(C)noc3C)CC2)c1. The summed E-state index contributed by atoms with van der Waals surface area (Å²) in [7, 11) is -2.04. The molecule has 1 fully saturated rings. The van der Waals surface area contributed by atoms with E-state index in [0.29, 0.717) is 30.3 Å². The predicted octanol–water partition coefficient (Wildman–Crippen LogP) is 2.07.